The molecule has 0 radical (unpaired) electrons. The smallest absolute Gasteiger partial charge is 0.254 e. The number of nitrogens with one attached hydrogen (secondary N) is 2. The van der Waals surface area contributed by atoms with Crippen molar-refractivity contribution in [3.63, 3.8) is 0 Å². The molecule has 8 heteroatoms. The monoisotopic (exact) mass is 506 g/mol. The fourth-order valence-electron chi connectivity index (χ4n) is 4.62. The number of nitrogens with zero attached hydrogens (tertiary/aromatic N) is 2. The molecule has 1 saturated heterocycles. The second kappa shape index (κ2) is 9.74. The second-order valence-corrected chi connectivity index (χ2v) is 11.1. The lowest BCUT2D eigenvalue weighted by Gasteiger charge is -2.43. The number of carbonyl (C=O) groups excluding carboxylic acids is 2. The largest absolute Gasteiger partial charge is 0.388 e. The lowest BCUT2D eigenvalue weighted by Crippen LogP contribution is -2.57. The Kier molecular flexibility index (Phi) is 6.99. The summed E-state index contributed by atoms with van der Waals surface area (Å²) < 4.78 is 15.4. The van der Waals surface area contributed by atoms with Crippen molar-refractivity contribution in [1.82, 2.24) is 9.80 Å². The first-order valence-corrected chi connectivity index (χ1v) is 12.5. The first-order chi connectivity index (χ1) is 17.4. The van der Waals surface area contributed by atoms with E-state index in [1.54, 1.807) is 24.1 Å². The zero-order valence-electron chi connectivity index (χ0n) is 21.9. The highest BCUT2D eigenvalue weighted by Crippen LogP contribution is 2.39. The van der Waals surface area contributed by atoms with Crippen molar-refractivity contribution >= 4 is 29.4 Å². The van der Waals surface area contributed by atoms with Crippen LogP contribution in [0.1, 0.15) is 44.7 Å². The van der Waals surface area contributed by atoms with Crippen molar-refractivity contribution in [3.8, 4) is 11.1 Å². The summed E-state index contributed by atoms with van der Waals surface area (Å²) in [6.07, 6.45) is 2.24. The summed E-state index contributed by atoms with van der Waals surface area (Å²) >= 11 is 0. The molecule has 3 N–H and O–H groups in total. The van der Waals surface area contributed by atoms with Gasteiger partial charge >= 0.3 is 0 Å². The van der Waals surface area contributed by atoms with E-state index in [4.69, 9.17) is 5.41 Å². The Morgan fingerprint density at radius 1 is 1.22 bits per heavy atom. The number of rotatable bonds is 8. The van der Waals surface area contributed by atoms with Crippen LogP contribution in [0.25, 0.3) is 16.8 Å². The van der Waals surface area contributed by atoms with Gasteiger partial charge in [0.15, 0.2) is 0 Å². The summed E-state index contributed by atoms with van der Waals surface area (Å²) in [7, 11) is 1.78. The van der Waals surface area contributed by atoms with E-state index in [2.05, 4.69) is 11.9 Å². The highest BCUT2D eigenvalue weighted by molar-refractivity contribution is 5.91. The summed E-state index contributed by atoms with van der Waals surface area (Å²) in [6, 6.07) is 10.4. The molecule has 1 heterocycles. The van der Waals surface area contributed by atoms with Crippen molar-refractivity contribution in [2.75, 3.05) is 32.0 Å². The predicted molar refractivity (Wildman–Crippen MR) is 144 cm³/mol. The summed E-state index contributed by atoms with van der Waals surface area (Å²) in [5.41, 5.74) is 1.53. The van der Waals surface area contributed by atoms with E-state index >= 15 is 4.39 Å². The molecule has 1 aliphatic heterocycles. The topological polar surface area (TPSA) is 96.7 Å². The standard InChI is InChI=1S/C29H35FN4O3/c1-18(23-8-6-21(13-24(23)30)20-7-9-25(32-5)22(12-20)14-31)34(26(35)28(2,3)4)17-19-15-33(16-19)27(36)29(37)10-11-29/h6-9,12-14,19,31-32,37H,1,10-11,15-17H2,2-5H3. The molecule has 0 spiro atoms. The molecule has 1 saturated carbocycles. The van der Waals surface area contributed by atoms with Crippen molar-refractivity contribution < 1.29 is 19.1 Å². The number of halogens is 1. The first-order valence-electron chi connectivity index (χ1n) is 12.5. The molecule has 0 bridgehead atoms. The van der Waals surface area contributed by atoms with Gasteiger partial charge < -0.3 is 25.6 Å². The van der Waals surface area contributed by atoms with Crippen LogP contribution in [0.15, 0.2) is 43.0 Å². The molecule has 2 amide bonds. The normalized spacial score (nSPS) is 16.5. The van der Waals surface area contributed by atoms with E-state index in [9.17, 15) is 14.7 Å². The van der Waals surface area contributed by atoms with Crippen molar-refractivity contribution in [3.05, 3.63) is 59.9 Å². The zero-order chi connectivity index (χ0) is 27.1. The van der Waals surface area contributed by atoms with Gasteiger partial charge in [-0.2, -0.15) is 0 Å². The number of anilines is 1. The number of aliphatic hydroxyl groups is 1. The summed E-state index contributed by atoms with van der Waals surface area (Å²) in [4.78, 5) is 28.9. The van der Waals surface area contributed by atoms with E-state index in [0.29, 0.717) is 43.6 Å². The third-order valence-corrected chi connectivity index (χ3v) is 7.11. The van der Waals surface area contributed by atoms with Crippen LogP contribution in [0.4, 0.5) is 10.1 Å². The maximum Gasteiger partial charge on any atom is 0.254 e. The van der Waals surface area contributed by atoms with Crippen LogP contribution in [0, 0.1) is 22.6 Å². The third kappa shape index (κ3) is 5.30. The fraction of sp³-hybridized carbons (Fsp3) is 0.414. The summed E-state index contributed by atoms with van der Waals surface area (Å²) in [5, 5.41) is 20.8. The van der Waals surface area contributed by atoms with Gasteiger partial charge in [-0.05, 0) is 48.2 Å². The Bertz CT molecular complexity index is 1260. The van der Waals surface area contributed by atoms with Crippen LogP contribution in [-0.4, -0.2) is 65.2 Å². The molecular weight excluding hydrogens is 471 g/mol. The average molecular weight is 507 g/mol. The lowest BCUT2D eigenvalue weighted by atomic mass is 9.91. The number of likely N-dealkylation sites (tertiary alicyclic amines) is 1. The zero-order valence-corrected chi connectivity index (χ0v) is 21.9. The van der Waals surface area contributed by atoms with E-state index in [0.717, 1.165) is 11.3 Å². The molecule has 2 aromatic carbocycles. The summed E-state index contributed by atoms with van der Waals surface area (Å²) in [6.45, 7) is 10.7. The van der Waals surface area contributed by atoms with Crippen molar-refractivity contribution in [2.24, 2.45) is 11.3 Å². The Morgan fingerprint density at radius 2 is 1.84 bits per heavy atom. The van der Waals surface area contributed by atoms with E-state index in [1.807, 2.05) is 39.0 Å². The maximum absolute atomic E-state index is 15.4. The van der Waals surface area contributed by atoms with Gasteiger partial charge in [0.2, 0.25) is 5.91 Å². The number of carbonyl (C=O) groups is 2. The minimum Gasteiger partial charge on any atom is -0.388 e. The average Bonchev–Trinajstić information content (AvgIpc) is 3.59. The first kappa shape index (κ1) is 26.5. The molecule has 7 nitrogen and oxygen atoms in total. The molecule has 1 aliphatic carbocycles. The number of hydrogen-bond donors (Lipinski definition) is 3. The number of benzene rings is 2. The Morgan fingerprint density at radius 3 is 2.38 bits per heavy atom. The highest BCUT2D eigenvalue weighted by atomic mass is 19.1. The number of hydrogen-bond acceptors (Lipinski definition) is 5. The minimum atomic E-state index is -1.20. The van der Waals surface area contributed by atoms with Crippen LogP contribution < -0.4 is 5.32 Å². The lowest BCUT2D eigenvalue weighted by molar-refractivity contribution is -0.150. The molecule has 0 unspecified atom stereocenters. The third-order valence-electron chi connectivity index (χ3n) is 7.11. The van der Waals surface area contributed by atoms with Crippen LogP contribution in [-0.2, 0) is 9.59 Å². The number of amides is 2. The van der Waals surface area contributed by atoms with Crippen molar-refractivity contribution in [1.29, 1.82) is 5.41 Å². The molecule has 2 fully saturated rings. The molecule has 0 aromatic heterocycles. The molecule has 2 aliphatic rings. The molecule has 196 valence electrons. The van der Waals surface area contributed by atoms with Gasteiger partial charge in [-0.25, -0.2) is 4.39 Å². The molecular formula is C29H35FN4O3. The fourth-order valence-corrected chi connectivity index (χ4v) is 4.62. The van der Waals surface area contributed by atoms with Crippen molar-refractivity contribution in [2.45, 2.75) is 39.2 Å². The van der Waals surface area contributed by atoms with Gasteiger partial charge in [-0.1, -0.05) is 39.5 Å². The van der Waals surface area contributed by atoms with E-state index in [1.165, 1.54) is 17.2 Å². The maximum atomic E-state index is 15.4. The van der Waals surface area contributed by atoms with Gasteiger partial charge in [-0.3, -0.25) is 9.59 Å². The predicted octanol–water partition coefficient (Wildman–Crippen LogP) is 4.36. The molecule has 37 heavy (non-hydrogen) atoms. The molecule has 4 rings (SSSR count). The van der Waals surface area contributed by atoms with Crippen LogP contribution in [0.2, 0.25) is 0 Å². The van der Waals surface area contributed by atoms with Gasteiger partial charge in [-0.15, -0.1) is 0 Å². The molecule has 2 aromatic rings. The second-order valence-electron chi connectivity index (χ2n) is 11.1. The quantitative estimate of drug-likeness (QED) is 0.464. The van der Waals surface area contributed by atoms with Gasteiger partial charge in [0.05, 0.1) is 0 Å². The van der Waals surface area contributed by atoms with Gasteiger partial charge in [0, 0.05) is 66.7 Å². The van der Waals surface area contributed by atoms with Gasteiger partial charge in [0.25, 0.3) is 5.91 Å². The Balaban J connectivity index is 1.54. The van der Waals surface area contributed by atoms with E-state index in [-0.39, 0.29) is 29.0 Å². The summed E-state index contributed by atoms with van der Waals surface area (Å²) in [5.74, 6) is -0.900. The Labute approximate surface area is 217 Å². The van der Waals surface area contributed by atoms with Crippen LogP contribution >= 0.6 is 0 Å². The SMILES string of the molecule is C=C(c1ccc(-c2ccc(NC)c(C=N)c2)cc1F)N(CC1CN(C(=O)C2(O)CC2)C1)C(=O)C(C)(C)C. The Hall–Kier alpha value is -3.52. The highest BCUT2D eigenvalue weighted by Gasteiger charge is 2.52. The van der Waals surface area contributed by atoms with Crippen LogP contribution in [0.3, 0.4) is 0 Å². The minimum absolute atomic E-state index is 0.0157. The van der Waals surface area contributed by atoms with E-state index < -0.39 is 16.8 Å². The molecule has 0 atom stereocenters. The van der Waals surface area contributed by atoms with Crippen LogP contribution in [0.5, 0.6) is 0 Å². The van der Waals surface area contributed by atoms with Gasteiger partial charge in [0.1, 0.15) is 11.4 Å².